The molecule has 130 valence electrons. The minimum absolute atomic E-state index is 0.118. The summed E-state index contributed by atoms with van der Waals surface area (Å²) in [6, 6.07) is 19.8. The summed E-state index contributed by atoms with van der Waals surface area (Å²) in [5, 5.41) is 6.65. The van der Waals surface area contributed by atoms with Crippen LogP contribution in [0.5, 0.6) is 0 Å². The van der Waals surface area contributed by atoms with Gasteiger partial charge >= 0.3 is 0 Å². The third kappa shape index (κ3) is 3.75. The van der Waals surface area contributed by atoms with Crippen molar-refractivity contribution in [2.24, 2.45) is 5.29 Å². The third-order valence-electron chi connectivity index (χ3n) is 3.83. The van der Waals surface area contributed by atoms with Gasteiger partial charge in [-0.3, -0.25) is 4.79 Å². The van der Waals surface area contributed by atoms with E-state index in [9.17, 15) is 14.1 Å². The predicted molar refractivity (Wildman–Crippen MR) is 99.9 cm³/mol. The highest BCUT2D eigenvalue weighted by Gasteiger charge is 2.16. The molecule has 0 aliphatic heterocycles. The van der Waals surface area contributed by atoms with E-state index in [-0.39, 0.29) is 11.3 Å². The smallest absolute Gasteiger partial charge is 0.258 e. The molecule has 0 heterocycles. The quantitative estimate of drug-likeness (QED) is 0.508. The van der Waals surface area contributed by atoms with Crippen LogP contribution < -0.4 is 10.3 Å². The highest BCUT2D eigenvalue weighted by atomic mass is 19.1. The Labute approximate surface area is 150 Å². The van der Waals surface area contributed by atoms with Crippen LogP contribution in [-0.4, -0.2) is 5.91 Å². The lowest BCUT2D eigenvalue weighted by molar-refractivity contribution is 0.102. The number of carbonyl (C=O) groups excluding carboxylic acids is 1. The molecule has 0 aliphatic rings. The van der Waals surface area contributed by atoms with Crippen molar-refractivity contribution < 1.29 is 9.18 Å². The van der Waals surface area contributed by atoms with Gasteiger partial charge in [-0.1, -0.05) is 35.9 Å². The second-order valence-electron chi connectivity index (χ2n) is 5.71. The van der Waals surface area contributed by atoms with Crippen LogP contribution in [0.15, 0.2) is 78.1 Å². The minimum atomic E-state index is -0.739. The first-order valence-electron chi connectivity index (χ1n) is 7.94. The van der Waals surface area contributed by atoms with Crippen molar-refractivity contribution in [3.8, 4) is 0 Å². The highest BCUT2D eigenvalue weighted by molar-refractivity contribution is 6.04. The van der Waals surface area contributed by atoms with Gasteiger partial charge in [-0.05, 0) is 43.3 Å². The molecule has 6 heteroatoms. The second kappa shape index (κ2) is 7.57. The van der Waals surface area contributed by atoms with Crippen LogP contribution in [0.2, 0.25) is 0 Å². The Bertz CT molecular complexity index is 928. The van der Waals surface area contributed by atoms with Gasteiger partial charge in [0.2, 0.25) is 0 Å². The van der Waals surface area contributed by atoms with Crippen molar-refractivity contribution >= 4 is 23.0 Å². The van der Waals surface area contributed by atoms with Gasteiger partial charge < -0.3 is 5.32 Å². The molecule has 1 N–H and O–H groups in total. The fourth-order valence-corrected chi connectivity index (χ4v) is 2.47. The standard InChI is InChI=1S/C20H16FN3O2/c1-14-7-9-16(10-8-14)24(23-26)17-11-12-18(19(21)13-17)20(25)22-15-5-3-2-4-6-15/h2-13H,1H3,(H,22,25). The summed E-state index contributed by atoms with van der Waals surface area (Å²) in [7, 11) is 0. The summed E-state index contributed by atoms with van der Waals surface area (Å²) in [6.07, 6.45) is 0. The van der Waals surface area contributed by atoms with E-state index >= 15 is 0 Å². The Hall–Kier alpha value is -3.54. The second-order valence-corrected chi connectivity index (χ2v) is 5.71. The number of hydrogen-bond donors (Lipinski definition) is 1. The Morgan fingerprint density at radius 1 is 0.962 bits per heavy atom. The lowest BCUT2D eigenvalue weighted by Gasteiger charge is -2.16. The number of para-hydroxylation sites is 1. The van der Waals surface area contributed by atoms with Gasteiger partial charge in [0.1, 0.15) is 5.82 Å². The molecular formula is C20H16FN3O2. The van der Waals surface area contributed by atoms with E-state index in [0.29, 0.717) is 11.4 Å². The fourth-order valence-electron chi connectivity index (χ4n) is 2.47. The molecule has 0 aromatic heterocycles. The molecule has 0 bridgehead atoms. The van der Waals surface area contributed by atoms with Gasteiger partial charge in [0.15, 0.2) is 0 Å². The van der Waals surface area contributed by atoms with E-state index in [2.05, 4.69) is 10.6 Å². The van der Waals surface area contributed by atoms with E-state index in [1.807, 2.05) is 25.1 Å². The summed E-state index contributed by atoms with van der Waals surface area (Å²) in [4.78, 5) is 23.5. The third-order valence-corrected chi connectivity index (χ3v) is 3.83. The average Bonchev–Trinajstić information content (AvgIpc) is 2.65. The van der Waals surface area contributed by atoms with E-state index in [4.69, 9.17) is 0 Å². The van der Waals surface area contributed by atoms with Crippen molar-refractivity contribution in [1.82, 2.24) is 0 Å². The summed E-state index contributed by atoms with van der Waals surface area (Å²) in [5.74, 6) is -1.31. The van der Waals surface area contributed by atoms with Crippen molar-refractivity contribution in [2.75, 3.05) is 10.3 Å². The van der Waals surface area contributed by atoms with E-state index in [1.165, 1.54) is 12.1 Å². The Kier molecular flexibility index (Phi) is 5.03. The van der Waals surface area contributed by atoms with Crippen molar-refractivity contribution in [3.05, 3.63) is 94.6 Å². The van der Waals surface area contributed by atoms with Crippen molar-refractivity contribution in [2.45, 2.75) is 6.92 Å². The number of benzene rings is 3. The van der Waals surface area contributed by atoms with Crippen LogP contribution in [0, 0.1) is 17.6 Å². The summed E-state index contributed by atoms with van der Waals surface area (Å²) < 4.78 is 14.4. The molecule has 5 nitrogen and oxygen atoms in total. The number of carbonyl (C=O) groups is 1. The van der Waals surface area contributed by atoms with E-state index < -0.39 is 11.7 Å². The van der Waals surface area contributed by atoms with Crippen LogP contribution >= 0.6 is 0 Å². The van der Waals surface area contributed by atoms with E-state index in [1.54, 1.807) is 36.4 Å². The maximum absolute atomic E-state index is 14.4. The lowest BCUT2D eigenvalue weighted by Crippen LogP contribution is -2.15. The van der Waals surface area contributed by atoms with Gasteiger partial charge in [-0.15, -0.1) is 4.91 Å². The molecule has 3 aromatic carbocycles. The number of nitroso groups, excluding NO2 is 1. The summed E-state index contributed by atoms with van der Waals surface area (Å²) in [6.45, 7) is 1.92. The molecule has 0 spiro atoms. The Balaban J connectivity index is 1.85. The number of halogens is 1. The summed E-state index contributed by atoms with van der Waals surface area (Å²) >= 11 is 0. The van der Waals surface area contributed by atoms with Crippen LogP contribution in [0.4, 0.5) is 21.5 Å². The van der Waals surface area contributed by atoms with Gasteiger partial charge in [-0.2, -0.15) is 5.01 Å². The number of amides is 1. The molecule has 0 unspecified atom stereocenters. The number of hydrogen-bond acceptors (Lipinski definition) is 3. The average molecular weight is 349 g/mol. The van der Waals surface area contributed by atoms with Crippen LogP contribution in [0.25, 0.3) is 0 Å². The van der Waals surface area contributed by atoms with Gasteiger partial charge in [0.05, 0.1) is 22.2 Å². The molecule has 0 radical (unpaired) electrons. The molecule has 0 saturated carbocycles. The lowest BCUT2D eigenvalue weighted by atomic mass is 10.1. The SMILES string of the molecule is Cc1ccc(N(N=O)c2ccc(C(=O)Nc3ccccc3)c(F)c2)cc1. The van der Waals surface area contributed by atoms with Crippen molar-refractivity contribution in [1.29, 1.82) is 0 Å². The predicted octanol–water partition coefficient (Wildman–Crippen LogP) is 5.21. The maximum Gasteiger partial charge on any atom is 0.258 e. The zero-order valence-corrected chi connectivity index (χ0v) is 14.0. The number of nitrogens with zero attached hydrogens (tertiary/aromatic N) is 2. The fraction of sp³-hybridized carbons (Fsp3) is 0.0500. The van der Waals surface area contributed by atoms with Crippen LogP contribution in [0.1, 0.15) is 15.9 Å². The first-order chi connectivity index (χ1) is 12.6. The Morgan fingerprint density at radius 2 is 1.62 bits per heavy atom. The van der Waals surface area contributed by atoms with Crippen LogP contribution in [0.3, 0.4) is 0 Å². The monoisotopic (exact) mass is 349 g/mol. The number of aryl methyl sites for hydroxylation is 1. The topological polar surface area (TPSA) is 61.8 Å². The first-order valence-corrected chi connectivity index (χ1v) is 7.94. The highest BCUT2D eigenvalue weighted by Crippen LogP contribution is 2.28. The number of nitrogens with one attached hydrogen (secondary N) is 1. The molecular weight excluding hydrogens is 333 g/mol. The Morgan fingerprint density at radius 3 is 2.23 bits per heavy atom. The normalized spacial score (nSPS) is 10.2. The number of rotatable bonds is 5. The van der Waals surface area contributed by atoms with Gasteiger partial charge in [0.25, 0.3) is 5.91 Å². The largest absolute Gasteiger partial charge is 0.322 e. The molecule has 3 aromatic rings. The van der Waals surface area contributed by atoms with Gasteiger partial charge in [0, 0.05) is 11.8 Å². The van der Waals surface area contributed by atoms with Crippen molar-refractivity contribution in [3.63, 3.8) is 0 Å². The van der Waals surface area contributed by atoms with E-state index in [0.717, 1.165) is 16.6 Å². The molecule has 0 atom stereocenters. The molecule has 0 aliphatic carbocycles. The summed E-state index contributed by atoms with van der Waals surface area (Å²) in [5.41, 5.74) is 2.21. The number of anilines is 3. The maximum atomic E-state index is 14.4. The molecule has 26 heavy (non-hydrogen) atoms. The molecule has 3 rings (SSSR count). The first kappa shape index (κ1) is 17.3. The zero-order valence-electron chi connectivity index (χ0n) is 14.0. The zero-order chi connectivity index (χ0) is 18.5. The molecule has 0 saturated heterocycles. The molecule has 0 fully saturated rings. The van der Waals surface area contributed by atoms with Gasteiger partial charge in [-0.25, -0.2) is 4.39 Å². The van der Waals surface area contributed by atoms with Crippen LogP contribution in [-0.2, 0) is 0 Å². The minimum Gasteiger partial charge on any atom is -0.322 e. The molecule has 1 amide bonds.